The van der Waals surface area contributed by atoms with E-state index in [-0.39, 0.29) is 5.82 Å². The summed E-state index contributed by atoms with van der Waals surface area (Å²) in [6.45, 7) is 0. The molecule has 0 bridgehead atoms. The molecule has 4 rings (SSSR count). The average Bonchev–Trinajstić information content (AvgIpc) is 3.14. The normalized spacial score (nSPS) is 10.7. The van der Waals surface area contributed by atoms with Gasteiger partial charge < -0.3 is 4.74 Å². The monoisotopic (exact) mass is 344 g/mol. The number of ether oxygens (including phenoxy) is 1. The molecule has 1 heterocycles. The molecule has 3 aromatic carbocycles. The van der Waals surface area contributed by atoms with E-state index in [4.69, 9.17) is 9.84 Å². The molecule has 0 saturated heterocycles. The minimum absolute atomic E-state index is 0.277. The Morgan fingerprint density at radius 3 is 2.27 bits per heavy atom. The summed E-state index contributed by atoms with van der Waals surface area (Å²) in [5, 5.41) is 4.73. The molecule has 3 nitrogen and oxygen atoms in total. The molecule has 0 fully saturated rings. The third-order valence-corrected chi connectivity index (χ3v) is 4.23. The van der Waals surface area contributed by atoms with Crippen LogP contribution in [0.2, 0.25) is 0 Å². The van der Waals surface area contributed by atoms with E-state index in [0.717, 1.165) is 33.8 Å². The Kier molecular flexibility index (Phi) is 4.23. The number of hydrogen-bond donors (Lipinski definition) is 0. The molecule has 0 aliphatic rings. The summed E-state index contributed by atoms with van der Waals surface area (Å²) in [6, 6.07) is 24.2. The van der Waals surface area contributed by atoms with Crippen molar-refractivity contribution in [2.75, 3.05) is 7.11 Å². The van der Waals surface area contributed by atoms with Crippen molar-refractivity contribution in [3.05, 3.63) is 90.9 Å². The largest absolute Gasteiger partial charge is 0.497 e. The maximum absolute atomic E-state index is 13.8. The van der Waals surface area contributed by atoms with Gasteiger partial charge >= 0.3 is 0 Å². The molecule has 4 heteroatoms. The molecule has 26 heavy (non-hydrogen) atoms. The van der Waals surface area contributed by atoms with Crippen LogP contribution < -0.4 is 4.74 Å². The first-order valence-corrected chi connectivity index (χ1v) is 8.30. The fraction of sp³-hybridized carbons (Fsp3) is 0.0455. The van der Waals surface area contributed by atoms with Gasteiger partial charge in [-0.25, -0.2) is 9.07 Å². The number of nitrogens with zero attached hydrogens (tertiary/aromatic N) is 2. The van der Waals surface area contributed by atoms with Gasteiger partial charge in [-0.3, -0.25) is 0 Å². The number of aromatic nitrogens is 2. The molecule has 0 atom stereocenters. The zero-order chi connectivity index (χ0) is 17.9. The zero-order valence-electron chi connectivity index (χ0n) is 14.3. The second-order valence-corrected chi connectivity index (χ2v) is 5.91. The third kappa shape index (κ3) is 3.09. The van der Waals surface area contributed by atoms with E-state index in [1.54, 1.807) is 13.2 Å². The van der Waals surface area contributed by atoms with Crippen molar-refractivity contribution in [1.29, 1.82) is 0 Å². The highest BCUT2D eigenvalue weighted by molar-refractivity contribution is 5.80. The molecule has 0 spiro atoms. The highest BCUT2D eigenvalue weighted by atomic mass is 19.1. The fourth-order valence-electron chi connectivity index (χ4n) is 2.92. The van der Waals surface area contributed by atoms with Gasteiger partial charge in [0.2, 0.25) is 0 Å². The number of hydrogen-bond acceptors (Lipinski definition) is 2. The maximum Gasteiger partial charge on any atom is 0.123 e. The molecular formula is C22H17FN2O. The van der Waals surface area contributed by atoms with Gasteiger partial charge in [0, 0.05) is 17.3 Å². The second-order valence-electron chi connectivity index (χ2n) is 5.91. The van der Waals surface area contributed by atoms with Gasteiger partial charge in [0.15, 0.2) is 0 Å². The van der Waals surface area contributed by atoms with Crippen LogP contribution in [0.15, 0.2) is 85.1 Å². The van der Waals surface area contributed by atoms with Gasteiger partial charge in [-0.05, 0) is 42.0 Å². The van der Waals surface area contributed by atoms with Crippen LogP contribution in [0.5, 0.6) is 5.75 Å². The standard InChI is InChI=1S/C22H17FN2O/c1-26-20-12-10-19(11-13-20)25-15-21(16-6-3-2-4-7-16)22(24-25)17-8-5-9-18(23)14-17/h2-15H,1H3. The zero-order valence-corrected chi connectivity index (χ0v) is 14.3. The molecular weight excluding hydrogens is 327 g/mol. The molecule has 128 valence electrons. The lowest BCUT2D eigenvalue weighted by molar-refractivity contribution is 0.414. The highest BCUT2D eigenvalue weighted by Crippen LogP contribution is 2.32. The van der Waals surface area contributed by atoms with E-state index in [9.17, 15) is 4.39 Å². The van der Waals surface area contributed by atoms with Crippen LogP contribution in [-0.4, -0.2) is 16.9 Å². The van der Waals surface area contributed by atoms with E-state index in [1.807, 2.05) is 71.5 Å². The third-order valence-electron chi connectivity index (χ3n) is 4.23. The molecule has 1 aromatic heterocycles. The summed E-state index contributed by atoms with van der Waals surface area (Å²) >= 11 is 0. The van der Waals surface area contributed by atoms with E-state index in [0.29, 0.717) is 0 Å². The average molecular weight is 344 g/mol. The molecule has 0 unspecified atom stereocenters. The van der Waals surface area contributed by atoms with Gasteiger partial charge in [0.25, 0.3) is 0 Å². The molecule has 0 aliphatic heterocycles. The first-order chi connectivity index (χ1) is 12.7. The Bertz CT molecular complexity index is 1020. The van der Waals surface area contributed by atoms with Crippen molar-refractivity contribution < 1.29 is 9.13 Å². The van der Waals surface area contributed by atoms with Crippen molar-refractivity contribution in [1.82, 2.24) is 9.78 Å². The van der Waals surface area contributed by atoms with Crippen molar-refractivity contribution >= 4 is 0 Å². The van der Waals surface area contributed by atoms with Gasteiger partial charge in [0.1, 0.15) is 17.3 Å². The molecule has 4 aromatic rings. The lowest BCUT2D eigenvalue weighted by Crippen LogP contribution is -1.95. The van der Waals surface area contributed by atoms with Crippen LogP contribution in [0.4, 0.5) is 4.39 Å². The number of benzene rings is 3. The van der Waals surface area contributed by atoms with E-state index < -0.39 is 0 Å². The van der Waals surface area contributed by atoms with E-state index in [2.05, 4.69) is 0 Å². The SMILES string of the molecule is COc1ccc(-n2cc(-c3ccccc3)c(-c3cccc(F)c3)n2)cc1. The van der Waals surface area contributed by atoms with E-state index >= 15 is 0 Å². The summed E-state index contributed by atoms with van der Waals surface area (Å²) in [6.07, 6.45) is 1.97. The molecule has 0 radical (unpaired) electrons. The summed E-state index contributed by atoms with van der Waals surface area (Å²) in [4.78, 5) is 0. The quantitative estimate of drug-likeness (QED) is 0.499. The smallest absolute Gasteiger partial charge is 0.123 e. The fourth-order valence-corrected chi connectivity index (χ4v) is 2.92. The van der Waals surface area contributed by atoms with Gasteiger partial charge in [-0.1, -0.05) is 42.5 Å². The Hall–Kier alpha value is -3.40. The molecule has 0 aliphatic carbocycles. The number of rotatable bonds is 4. The Labute approximate surface area is 151 Å². The first kappa shape index (κ1) is 16.1. The van der Waals surface area contributed by atoms with Crippen molar-refractivity contribution in [2.24, 2.45) is 0 Å². The lowest BCUT2D eigenvalue weighted by atomic mass is 10.0. The highest BCUT2D eigenvalue weighted by Gasteiger charge is 2.14. The summed E-state index contributed by atoms with van der Waals surface area (Å²) in [5.41, 5.74) is 4.38. The van der Waals surface area contributed by atoms with Gasteiger partial charge in [-0.2, -0.15) is 5.10 Å². The number of methoxy groups -OCH3 is 1. The van der Waals surface area contributed by atoms with E-state index in [1.165, 1.54) is 12.1 Å². The molecule has 0 amide bonds. The van der Waals surface area contributed by atoms with Crippen molar-refractivity contribution in [3.63, 3.8) is 0 Å². The van der Waals surface area contributed by atoms with Crippen LogP contribution in [0.1, 0.15) is 0 Å². The minimum atomic E-state index is -0.277. The van der Waals surface area contributed by atoms with Crippen LogP contribution in [0.25, 0.3) is 28.1 Å². The van der Waals surface area contributed by atoms with Gasteiger partial charge in [0.05, 0.1) is 12.8 Å². The lowest BCUT2D eigenvalue weighted by Gasteiger charge is -2.03. The topological polar surface area (TPSA) is 27.1 Å². The molecule has 0 saturated carbocycles. The van der Waals surface area contributed by atoms with Crippen LogP contribution in [0, 0.1) is 5.82 Å². The van der Waals surface area contributed by atoms with Gasteiger partial charge in [-0.15, -0.1) is 0 Å². The predicted molar refractivity (Wildman–Crippen MR) is 101 cm³/mol. The maximum atomic E-state index is 13.8. The van der Waals surface area contributed by atoms with Crippen LogP contribution >= 0.6 is 0 Å². The Morgan fingerprint density at radius 2 is 1.58 bits per heavy atom. The number of halogens is 1. The summed E-state index contributed by atoms with van der Waals surface area (Å²) in [5.74, 6) is 0.509. The first-order valence-electron chi connectivity index (χ1n) is 8.30. The molecule has 0 N–H and O–H groups in total. The van der Waals surface area contributed by atoms with Crippen LogP contribution in [-0.2, 0) is 0 Å². The predicted octanol–water partition coefficient (Wildman–Crippen LogP) is 5.35. The Balaban J connectivity index is 1.87. The summed E-state index contributed by atoms with van der Waals surface area (Å²) < 4.78 is 20.8. The van der Waals surface area contributed by atoms with Crippen LogP contribution in [0.3, 0.4) is 0 Å². The van der Waals surface area contributed by atoms with Crippen molar-refractivity contribution in [2.45, 2.75) is 0 Å². The van der Waals surface area contributed by atoms with Crippen molar-refractivity contribution in [3.8, 4) is 33.8 Å². The minimum Gasteiger partial charge on any atom is -0.497 e. The Morgan fingerprint density at radius 1 is 0.846 bits per heavy atom. The second kappa shape index (κ2) is 6.84. The summed E-state index contributed by atoms with van der Waals surface area (Å²) in [7, 11) is 1.64.